The molecule has 28 heavy (non-hydrogen) atoms. The molecule has 0 heterocycles. The van der Waals surface area contributed by atoms with Crippen LogP contribution in [0.2, 0.25) is 0 Å². The molecule has 5 nitrogen and oxygen atoms in total. The van der Waals surface area contributed by atoms with E-state index in [2.05, 4.69) is 11.4 Å². The van der Waals surface area contributed by atoms with Gasteiger partial charge in [-0.1, -0.05) is 30.3 Å². The van der Waals surface area contributed by atoms with Crippen molar-refractivity contribution in [2.45, 2.75) is 52.1 Å². The van der Waals surface area contributed by atoms with Gasteiger partial charge in [-0.2, -0.15) is 0 Å². The minimum atomic E-state index is -3.62. The van der Waals surface area contributed by atoms with Crippen LogP contribution < -0.4 is 9.62 Å². The van der Waals surface area contributed by atoms with E-state index in [1.807, 2.05) is 44.2 Å². The van der Waals surface area contributed by atoms with Crippen LogP contribution >= 0.6 is 0 Å². The first-order chi connectivity index (χ1) is 13.2. The Bertz CT molecular complexity index is 985. The van der Waals surface area contributed by atoms with Crippen molar-refractivity contribution in [1.82, 2.24) is 5.32 Å². The molecule has 2 aromatic carbocycles. The van der Waals surface area contributed by atoms with Crippen LogP contribution in [-0.2, 0) is 21.2 Å². The Kier molecular flexibility index (Phi) is 5.79. The molecular formula is C22H28N2O3S. The van der Waals surface area contributed by atoms with Gasteiger partial charge in [0.05, 0.1) is 18.0 Å². The van der Waals surface area contributed by atoms with Crippen LogP contribution in [0.15, 0.2) is 42.5 Å². The highest BCUT2D eigenvalue weighted by atomic mass is 32.2. The number of amides is 1. The monoisotopic (exact) mass is 400 g/mol. The summed E-state index contributed by atoms with van der Waals surface area (Å²) in [4.78, 5) is 13.0. The van der Waals surface area contributed by atoms with Crippen LogP contribution in [0.25, 0.3) is 0 Å². The zero-order chi connectivity index (χ0) is 20.5. The van der Waals surface area contributed by atoms with Crippen molar-refractivity contribution < 1.29 is 13.2 Å². The summed E-state index contributed by atoms with van der Waals surface area (Å²) in [5.74, 6) is -0.287. The zero-order valence-electron chi connectivity index (χ0n) is 16.9. The van der Waals surface area contributed by atoms with Gasteiger partial charge in [0.2, 0.25) is 15.9 Å². The SMILES string of the molecule is Cc1ccc(N([C@@H](C)C(=O)N[C@H]2CCCc3ccccc32)S(C)(=O)=O)cc1C. The number of carbonyl (C=O) groups is 1. The van der Waals surface area contributed by atoms with E-state index in [4.69, 9.17) is 0 Å². The Morgan fingerprint density at radius 3 is 2.54 bits per heavy atom. The Hall–Kier alpha value is -2.34. The van der Waals surface area contributed by atoms with Gasteiger partial charge in [-0.05, 0) is 74.4 Å². The molecule has 1 aliphatic carbocycles. The molecule has 0 saturated carbocycles. The van der Waals surface area contributed by atoms with Gasteiger partial charge < -0.3 is 5.32 Å². The fourth-order valence-electron chi connectivity index (χ4n) is 3.87. The minimum absolute atomic E-state index is 0.0823. The summed E-state index contributed by atoms with van der Waals surface area (Å²) >= 11 is 0. The van der Waals surface area contributed by atoms with Gasteiger partial charge in [0.15, 0.2) is 0 Å². The number of nitrogens with one attached hydrogen (secondary N) is 1. The van der Waals surface area contributed by atoms with Gasteiger partial charge in [0.1, 0.15) is 6.04 Å². The molecule has 0 unspecified atom stereocenters. The molecule has 1 aliphatic rings. The maximum absolute atomic E-state index is 13.0. The number of benzene rings is 2. The summed E-state index contributed by atoms with van der Waals surface area (Å²) in [5, 5.41) is 3.08. The number of rotatable bonds is 5. The van der Waals surface area contributed by atoms with Crippen LogP contribution in [0.4, 0.5) is 5.69 Å². The molecule has 1 amide bonds. The predicted octanol–water partition coefficient (Wildman–Crippen LogP) is 3.65. The van der Waals surface area contributed by atoms with Crippen molar-refractivity contribution in [2.24, 2.45) is 0 Å². The molecule has 2 aromatic rings. The molecule has 0 aliphatic heterocycles. The lowest BCUT2D eigenvalue weighted by Crippen LogP contribution is -2.49. The molecule has 0 bridgehead atoms. The minimum Gasteiger partial charge on any atom is -0.347 e. The predicted molar refractivity (Wildman–Crippen MR) is 113 cm³/mol. The number of carbonyl (C=O) groups excluding carboxylic acids is 1. The number of aryl methyl sites for hydroxylation is 3. The molecule has 0 aromatic heterocycles. The van der Waals surface area contributed by atoms with Gasteiger partial charge in [-0.3, -0.25) is 9.10 Å². The lowest BCUT2D eigenvalue weighted by molar-refractivity contribution is -0.122. The van der Waals surface area contributed by atoms with Crippen molar-refractivity contribution >= 4 is 21.6 Å². The lowest BCUT2D eigenvalue weighted by atomic mass is 9.87. The first-order valence-electron chi connectivity index (χ1n) is 9.63. The fraction of sp³-hybridized carbons (Fsp3) is 0.409. The van der Waals surface area contributed by atoms with E-state index in [0.717, 1.165) is 42.2 Å². The summed E-state index contributed by atoms with van der Waals surface area (Å²) < 4.78 is 26.2. The van der Waals surface area contributed by atoms with E-state index < -0.39 is 16.1 Å². The van der Waals surface area contributed by atoms with Crippen LogP contribution in [0, 0.1) is 13.8 Å². The van der Waals surface area contributed by atoms with E-state index in [0.29, 0.717) is 5.69 Å². The van der Waals surface area contributed by atoms with Crippen LogP contribution in [0.3, 0.4) is 0 Å². The third-order valence-electron chi connectivity index (χ3n) is 5.52. The Morgan fingerprint density at radius 1 is 1.14 bits per heavy atom. The van der Waals surface area contributed by atoms with Crippen molar-refractivity contribution in [3.63, 3.8) is 0 Å². The zero-order valence-corrected chi connectivity index (χ0v) is 17.7. The topological polar surface area (TPSA) is 66.5 Å². The number of anilines is 1. The number of sulfonamides is 1. The second kappa shape index (κ2) is 7.95. The van der Waals surface area contributed by atoms with E-state index in [1.165, 1.54) is 9.87 Å². The largest absolute Gasteiger partial charge is 0.347 e. The summed E-state index contributed by atoms with van der Waals surface area (Å²) in [6.07, 6.45) is 4.01. The third-order valence-corrected chi connectivity index (χ3v) is 6.76. The van der Waals surface area contributed by atoms with Crippen LogP contribution in [-0.4, -0.2) is 26.6 Å². The molecule has 6 heteroatoms. The maximum Gasteiger partial charge on any atom is 0.244 e. The number of hydrogen-bond acceptors (Lipinski definition) is 3. The average molecular weight is 401 g/mol. The molecule has 0 radical (unpaired) electrons. The fourth-order valence-corrected chi connectivity index (χ4v) is 5.03. The van der Waals surface area contributed by atoms with Crippen LogP contribution in [0.5, 0.6) is 0 Å². The number of nitrogens with zero attached hydrogens (tertiary/aromatic N) is 1. The van der Waals surface area contributed by atoms with Gasteiger partial charge >= 0.3 is 0 Å². The average Bonchev–Trinajstić information content (AvgIpc) is 2.64. The molecule has 0 fully saturated rings. The van der Waals surface area contributed by atoms with Crippen molar-refractivity contribution in [1.29, 1.82) is 0 Å². The quantitative estimate of drug-likeness (QED) is 0.833. The highest BCUT2D eigenvalue weighted by Crippen LogP contribution is 2.30. The lowest BCUT2D eigenvalue weighted by Gasteiger charge is -2.32. The maximum atomic E-state index is 13.0. The summed E-state index contributed by atoms with van der Waals surface area (Å²) in [6, 6.07) is 12.6. The van der Waals surface area contributed by atoms with E-state index in [9.17, 15) is 13.2 Å². The van der Waals surface area contributed by atoms with Crippen molar-refractivity contribution in [3.8, 4) is 0 Å². The Morgan fingerprint density at radius 2 is 1.86 bits per heavy atom. The highest BCUT2D eigenvalue weighted by Gasteiger charge is 2.31. The summed E-state index contributed by atoms with van der Waals surface area (Å²) in [5.41, 5.74) is 4.96. The standard InChI is InChI=1S/C22H28N2O3S/c1-15-12-13-19(14-16(15)2)24(28(4,26)27)17(3)22(25)23-21-11-7-9-18-8-5-6-10-20(18)21/h5-6,8,10,12-14,17,21H,7,9,11H2,1-4H3,(H,23,25)/t17-,21-/m0/s1. The smallest absolute Gasteiger partial charge is 0.244 e. The van der Waals surface area contributed by atoms with Crippen LogP contribution in [0.1, 0.15) is 48.1 Å². The second-order valence-corrected chi connectivity index (χ2v) is 9.52. The van der Waals surface area contributed by atoms with Gasteiger partial charge in [-0.25, -0.2) is 8.42 Å². The number of fused-ring (bicyclic) bond motifs is 1. The molecule has 0 spiro atoms. The molecule has 3 rings (SSSR count). The molecule has 2 atom stereocenters. The molecular weight excluding hydrogens is 372 g/mol. The van der Waals surface area contributed by atoms with Gasteiger partial charge in [0, 0.05) is 0 Å². The second-order valence-electron chi connectivity index (χ2n) is 7.66. The summed E-state index contributed by atoms with van der Waals surface area (Å²) in [7, 11) is -3.62. The third kappa shape index (κ3) is 4.22. The first-order valence-corrected chi connectivity index (χ1v) is 11.5. The van der Waals surface area contributed by atoms with Crippen molar-refractivity contribution in [3.05, 3.63) is 64.7 Å². The number of hydrogen-bond donors (Lipinski definition) is 1. The first kappa shape index (κ1) is 20.4. The van der Waals surface area contributed by atoms with E-state index >= 15 is 0 Å². The highest BCUT2D eigenvalue weighted by molar-refractivity contribution is 7.92. The van der Waals surface area contributed by atoms with E-state index in [1.54, 1.807) is 13.0 Å². The summed E-state index contributed by atoms with van der Waals surface area (Å²) in [6.45, 7) is 5.55. The normalized spacial score (nSPS) is 17.5. The van der Waals surface area contributed by atoms with Gasteiger partial charge in [0.25, 0.3) is 0 Å². The van der Waals surface area contributed by atoms with Crippen molar-refractivity contribution in [2.75, 3.05) is 10.6 Å². The Balaban J connectivity index is 1.86. The molecule has 150 valence electrons. The molecule has 1 N–H and O–H groups in total. The Labute approximate surface area is 167 Å². The van der Waals surface area contributed by atoms with E-state index in [-0.39, 0.29) is 11.9 Å². The van der Waals surface area contributed by atoms with Gasteiger partial charge in [-0.15, -0.1) is 0 Å². The molecule has 0 saturated heterocycles.